The zero-order valence-electron chi connectivity index (χ0n) is 13.9. The van der Waals surface area contributed by atoms with Crippen molar-refractivity contribution in [3.63, 3.8) is 0 Å². The normalized spacial score (nSPS) is 22.5. The van der Waals surface area contributed by atoms with Crippen molar-refractivity contribution in [3.8, 4) is 0 Å². The molecule has 1 aromatic carbocycles. The van der Waals surface area contributed by atoms with E-state index in [1.807, 2.05) is 5.43 Å². The molecule has 27 heavy (non-hydrogen) atoms. The minimum atomic E-state index is -3.48. The highest BCUT2D eigenvalue weighted by Crippen LogP contribution is 2.41. The van der Waals surface area contributed by atoms with Gasteiger partial charge in [-0.2, -0.15) is 0 Å². The van der Waals surface area contributed by atoms with E-state index in [1.54, 1.807) is 24.3 Å². The van der Waals surface area contributed by atoms with Crippen LogP contribution in [0.5, 0.6) is 0 Å². The number of hydrogen-bond donors (Lipinski definition) is 2. The molecule has 0 bridgehead atoms. The van der Waals surface area contributed by atoms with E-state index in [4.69, 9.17) is 0 Å². The summed E-state index contributed by atoms with van der Waals surface area (Å²) in [4.78, 5) is 17.5. The van der Waals surface area contributed by atoms with Gasteiger partial charge in [0.1, 0.15) is 0 Å². The molecule has 2 heterocycles. The molecule has 2 N–H and O–H groups in total. The van der Waals surface area contributed by atoms with Crippen molar-refractivity contribution in [2.75, 3.05) is 0 Å². The molecule has 5 nitrogen and oxygen atoms in total. The standard InChI is InChI=1S/C18H15F4N3O2/c19-15(20)14-8-18(27,17(21)22)25(24-14)16(26)11-7-13(9-5-6-9)23-12-4-2-1-3-10(11)12/h1-4,7-9,15,17,24,27H,5-6H2. The van der Waals surface area contributed by atoms with Gasteiger partial charge in [0.25, 0.3) is 18.8 Å². The number of nitrogens with one attached hydrogen (secondary N) is 1. The van der Waals surface area contributed by atoms with Gasteiger partial charge in [0, 0.05) is 23.1 Å². The van der Waals surface area contributed by atoms with Crippen LogP contribution in [0.2, 0.25) is 0 Å². The van der Waals surface area contributed by atoms with Gasteiger partial charge in [0.2, 0.25) is 5.72 Å². The van der Waals surface area contributed by atoms with Crippen LogP contribution in [0.25, 0.3) is 10.9 Å². The summed E-state index contributed by atoms with van der Waals surface area (Å²) in [5, 5.41) is 10.8. The molecule has 1 aromatic heterocycles. The maximum absolute atomic E-state index is 13.4. The van der Waals surface area contributed by atoms with Gasteiger partial charge in [-0.05, 0) is 25.0 Å². The lowest BCUT2D eigenvalue weighted by Gasteiger charge is -2.32. The Morgan fingerprint density at radius 2 is 1.96 bits per heavy atom. The van der Waals surface area contributed by atoms with Crippen LogP contribution in [-0.2, 0) is 0 Å². The number of nitrogens with zero attached hydrogens (tertiary/aromatic N) is 2. The van der Waals surface area contributed by atoms with Crippen molar-refractivity contribution in [2.45, 2.75) is 37.3 Å². The number of halogens is 4. The monoisotopic (exact) mass is 381 g/mol. The third kappa shape index (κ3) is 2.91. The third-order valence-electron chi connectivity index (χ3n) is 4.69. The smallest absolute Gasteiger partial charge is 0.291 e. The highest BCUT2D eigenvalue weighted by Gasteiger charge is 2.51. The van der Waals surface area contributed by atoms with Gasteiger partial charge in [-0.15, -0.1) is 0 Å². The second kappa shape index (κ2) is 6.19. The van der Waals surface area contributed by atoms with E-state index in [-0.39, 0.29) is 22.6 Å². The summed E-state index contributed by atoms with van der Waals surface area (Å²) in [6.07, 6.45) is -4.55. The fourth-order valence-electron chi connectivity index (χ4n) is 3.11. The lowest BCUT2D eigenvalue weighted by atomic mass is 10.0. The molecule has 0 radical (unpaired) electrons. The largest absolute Gasteiger partial charge is 0.361 e. The molecule has 2 aromatic rings. The SMILES string of the molecule is O=C(c1cc(C2CC2)nc2ccccc12)N1NC(C(F)F)=CC1(O)C(F)F. The molecular weight excluding hydrogens is 366 g/mol. The first-order valence-electron chi connectivity index (χ1n) is 8.33. The van der Waals surface area contributed by atoms with E-state index in [0.717, 1.165) is 12.8 Å². The quantitative estimate of drug-likeness (QED) is 0.799. The average Bonchev–Trinajstić information content (AvgIpc) is 3.42. The first-order chi connectivity index (χ1) is 12.8. The highest BCUT2D eigenvalue weighted by molar-refractivity contribution is 6.06. The predicted octanol–water partition coefficient (Wildman–Crippen LogP) is 3.18. The number of pyridine rings is 1. The first-order valence-corrected chi connectivity index (χ1v) is 8.33. The number of carbonyl (C=O) groups is 1. The molecule has 1 amide bonds. The number of amides is 1. The molecule has 1 saturated carbocycles. The molecule has 9 heteroatoms. The third-order valence-corrected chi connectivity index (χ3v) is 4.69. The number of para-hydroxylation sites is 1. The Morgan fingerprint density at radius 3 is 2.59 bits per heavy atom. The number of alkyl halides is 4. The molecule has 0 saturated heterocycles. The maximum atomic E-state index is 13.4. The molecule has 0 spiro atoms. The van der Waals surface area contributed by atoms with Crippen molar-refractivity contribution in [2.24, 2.45) is 0 Å². The summed E-state index contributed by atoms with van der Waals surface area (Å²) in [6, 6.07) is 8.12. The van der Waals surface area contributed by atoms with Crippen LogP contribution in [-0.4, -0.2) is 39.6 Å². The Morgan fingerprint density at radius 1 is 1.26 bits per heavy atom. The van der Waals surface area contributed by atoms with Gasteiger partial charge in [0.15, 0.2) is 0 Å². The fourth-order valence-corrected chi connectivity index (χ4v) is 3.11. The summed E-state index contributed by atoms with van der Waals surface area (Å²) in [5.41, 5.74) is -1.05. The second-order valence-electron chi connectivity index (χ2n) is 6.62. The molecule has 1 atom stereocenters. The van der Waals surface area contributed by atoms with E-state index in [0.29, 0.717) is 16.6 Å². The number of fused-ring (bicyclic) bond motifs is 1. The van der Waals surface area contributed by atoms with Gasteiger partial charge < -0.3 is 5.11 Å². The Hall–Kier alpha value is -2.68. The van der Waals surface area contributed by atoms with E-state index < -0.39 is 30.2 Å². The zero-order chi connectivity index (χ0) is 19.3. The molecule has 2 aliphatic rings. The Kier molecular flexibility index (Phi) is 4.06. The molecule has 1 aliphatic heterocycles. The van der Waals surface area contributed by atoms with Crippen LogP contribution in [0.1, 0.15) is 34.8 Å². The zero-order valence-corrected chi connectivity index (χ0v) is 13.9. The molecular formula is C18H15F4N3O2. The number of carbonyl (C=O) groups excluding carboxylic acids is 1. The number of rotatable bonds is 4. The van der Waals surface area contributed by atoms with Crippen molar-refractivity contribution in [1.29, 1.82) is 0 Å². The summed E-state index contributed by atoms with van der Waals surface area (Å²) < 4.78 is 52.8. The van der Waals surface area contributed by atoms with Crippen LogP contribution in [0.15, 0.2) is 42.1 Å². The van der Waals surface area contributed by atoms with Gasteiger partial charge in [0.05, 0.1) is 16.8 Å². The van der Waals surface area contributed by atoms with Crippen LogP contribution >= 0.6 is 0 Å². The van der Waals surface area contributed by atoms with Crippen molar-refractivity contribution in [1.82, 2.24) is 15.4 Å². The molecule has 1 unspecified atom stereocenters. The average molecular weight is 381 g/mol. The van der Waals surface area contributed by atoms with Gasteiger partial charge in [-0.3, -0.25) is 15.2 Å². The van der Waals surface area contributed by atoms with Crippen LogP contribution < -0.4 is 5.43 Å². The lowest BCUT2D eigenvalue weighted by molar-refractivity contribution is -0.146. The highest BCUT2D eigenvalue weighted by atomic mass is 19.3. The summed E-state index contributed by atoms with van der Waals surface area (Å²) in [5.74, 6) is -0.860. The first kappa shape index (κ1) is 17.7. The predicted molar refractivity (Wildman–Crippen MR) is 88.1 cm³/mol. The summed E-state index contributed by atoms with van der Waals surface area (Å²) in [6.45, 7) is 0. The number of hydrazine groups is 1. The molecule has 1 fully saturated rings. The Bertz CT molecular complexity index is 945. The minimum Gasteiger partial charge on any atom is -0.361 e. The Labute approximate surface area is 151 Å². The van der Waals surface area contributed by atoms with Crippen LogP contribution in [0.4, 0.5) is 17.6 Å². The number of hydrogen-bond acceptors (Lipinski definition) is 4. The lowest BCUT2D eigenvalue weighted by Crippen LogP contribution is -2.56. The maximum Gasteiger partial charge on any atom is 0.291 e. The van der Waals surface area contributed by atoms with Gasteiger partial charge >= 0.3 is 0 Å². The van der Waals surface area contributed by atoms with Crippen molar-refractivity contribution >= 4 is 16.8 Å². The van der Waals surface area contributed by atoms with E-state index in [1.165, 1.54) is 6.07 Å². The number of allylic oxidation sites excluding steroid dienone is 1. The molecule has 142 valence electrons. The van der Waals surface area contributed by atoms with Gasteiger partial charge in [-0.25, -0.2) is 22.6 Å². The number of benzene rings is 1. The van der Waals surface area contributed by atoms with Crippen molar-refractivity contribution < 1.29 is 27.5 Å². The van der Waals surface area contributed by atoms with E-state index in [9.17, 15) is 27.5 Å². The Balaban J connectivity index is 1.81. The van der Waals surface area contributed by atoms with E-state index in [2.05, 4.69) is 4.98 Å². The molecule has 4 rings (SSSR count). The van der Waals surface area contributed by atoms with E-state index >= 15 is 0 Å². The summed E-state index contributed by atoms with van der Waals surface area (Å²) >= 11 is 0. The molecule has 1 aliphatic carbocycles. The second-order valence-corrected chi connectivity index (χ2v) is 6.62. The van der Waals surface area contributed by atoms with Gasteiger partial charge in [-0.1, -0.05) is 18.2 Å². The number of aliphatic hydroxyl groups is 1. The number of aromatic nitrogens is 1. The summed E-state index contributed by atoms with van der Waals surface area (Å²) in [7, 11) is 0. The van der Waals surface area contributed by atoms with Crippen LogP contribution in [0, 0.1) is 0 Å². The topological polar surface area (TPSA) is 65.5 Å². The fraction of sp³-hybridized carbons (Fsp3) is 0.333. The van der Waals surface area contributed by atoms with Crippen molar-refractivity contribution in [3.05, 3.63) is 53.4 Å². The van der Waals surface area contributed by atoms with Crippen LogP contribution in [0.3, 0.4) is 0 Å². The minimum absolute atomic E-state index is 0.0120.